The van der Waals surface area contributed by atoms with Crippen LogP contribution >= 0.6 is 35.0 Å². The molecule has 0 spiro atoms. The normalized spacial score (nSPS) is 10.3. The van der Waals surface area contributed by atoms with Gasteiger partial charge in [-0.3, -0.25) is 5.41 Å². The van der Waals surface area contributed by atoms with Crippen molar-refractivity contribution in [1.29, 1.82) is 5.41 Å². The van der Waals surface area contributed by atoms with Gasteiger partial charge in [-0.15, -0.1) is 0 Å². The van der Waals surface area contributed by atoms with Gasteiger partial charge in [0.1, 0.15) is 5.84 Å². The number of rotatable bonds is 3. The van der Waals surface area contributed by atoms with E-state index >= 15 is 0 Å². The number of amidine groups is 1. The SMILES string of the molecule is N=C(N)c1ccc(Sc2ccc(Cl)cc2)c(Cl)c1. The van der Waals surface area contributed by atoms with Crippen molar-refractivity contribution in [2.75, 3.05) is 0 Å². The second kappa shape index (κ2) is 5.65. The quantitative estimate of drug-likeness (QED) is 0.650. The summed E-state index contributed by atoms with van der Waals surface area (Å²) in [6.45, 7) is 0. The van der Waals surface area contributed by atoms with E-state index in [1.807, 2.05) is 30.3 Å². The molecule has 0 atom stereocenters. The lowest BCUT2D eigenvalue weighted by Gasteiger charge is -2.06. The van der Waals surface area contributed by atoms with Gasteiger partial charge in [0.25, 0.3) is 0 Å². The van der Waals surface area contributed by atoms with Crippen LogP contribution in [0.25, 0.3) is 0 Å². The maximum absolute atomic E-state index is 7.34. The van der Waals surface area contributed by atoms with Crippen LogP contribution in [0.5, 0.6) is 0 Å². The Hall–Kier alpha value is -1.16. The van der Waals surface area contributed by atoms with Crippen molar-refractivity contribution < 1.29 is 0 Å². The molecular formula is C13H10Cl2N2S. The summed E-state index contributed by atoms with van der Waals surface area (Å²) in [5.74, 6) is 0.0138. The highest BCUT2D eigenvalue weighted by atomic mass is 35.5. The van der Waals surface area contributed by atoms with Gasteiger partial charge >= 0.3 is 0 Å². The third-order valence-electron chi connectivity index (χ3n) is 2.28. The fourth-order valence-corrected chi connectivity index (χ4v) is 2.62. The lowest BCUT2D eigenvalue weighted by atomic mass is 10.2. The first-order valence-electron chi connectivity index (χ1n) is 5.13. The van der Waals surface area contributed by atoms with E-state index in [0.717, 1.165) is 9.79 Å². The van der Waals surface area contributed by atoms with Gasteiger partial charge in [-0.05, 0) is 36.4 Å². The summed E-state index contributed by atoms with van der Waals surface area (Å²) >= 11 is 13.5. The summed E-state index contributed by atoms with van der Waals surface area (Å²) in [5.41, 5.74) is 6.03. The van der Waals surface area contributed by atoms with E-state index in [2.05, 4.69) is 0 Å². The van der Waals surface area contributed by atoms with E-state index in [-0.39, 0.29) is 5.84 Å². The van der Waals surface area contributed by atoms with Crippen LogP contribution in [0.2, 0.25) is 10.0 Å². The summed E-state index contributed by atoms with van der Waals surface area (Å²) in [6, 6.07) is 12.9. The minimum Gasteiger partial charge on any atom is -0.384 e. The summed E-state index contributed by atoms with van der Waals surface area (Å²) in [4.78, 5) is 1.97. The summed E-state index contributed by atoms with van der Waals surface area (Å²) in [7, 11) is 0. The molecule has 0 aromatic heterocycles. The van der Waals surface area contributed by atoms with E-state index in [4.69, 9.17) is 34.3 Å². The molecule has 0 heterocycles. The molecule has 0 radical (unpaired) electrons. The Balaban J connectivity index is 2.24. The molecule has 0 aliphatic carbocycles. The number of nitrogens with one attached hydrogen (secondary N) is 1. The maximum atomic E-state index is 7.34. The first-order valence-corrected chi connectivity index (χ1v) is 6.71. The topological polar surface area (TPSA) is 49.9 Å². The van der Waals surface area contributed by atoms with Gasteiger partial charge in [0.2, 0.25) is 0 Å². The van der Waals surface area contributed by atoms with Gasteiger partial charge in [0.05, 0.1) is 5.02 Å². The van der Waals surface area contributed by atoms with E-state index in [1.54, 1.807) is 23.9 Å². The molecule has 3 N–H and O–H groups in total. The zero-order valence-corrected chi connectivity index (χ0v) is 11.6. The second-order valence-corrected chi connectivity index (χ2v) is 5.57. The molecule has 0 aliphatic heterocycles. The van der Waals surface area contributed by atoms with Crippen molar-refractivity contribution in [2.45, 2.75) is 9.79 Å². The minimum atomic E-state index is 0.0138. The maximum Gasteiger partial charge on any atom is 0.122 e. The second-order valence-electron chi connectivity index (χ2n) is 3.61. The average molecular weight is 297 g/mol. The fraction of sp³-hybridized carbons (Fsp3) is 0. The molecule has 18 heavy (non-hydrogen) atoms. The molecule has 5 heteroatoms. The van der Waals surface area contributed by atoms with Crippen LogP contribution in [0.1, 0.15) is 5.56 Å². The lowest BCUT2D eigenvalue weighted by Crippen LogP contribution is -2.10. The molecule has 0 amide bonds. The molecule has 0 fully saturated rings. The number of nitrogen functional groups attached to an aromatic ring is 1. The third kappa shape index (κ3) is 3.19. The van der Waals surface area contributed by atoms with E-state index in [9.17, 15) is 0 Å². The molecule has 2 nitrogen and oxygen atoms in total. The van der Waals surface area contributed by atoms with Gasteiger partial charge in [0.15, 0.2) is 0 Å². The molecule has 0 bridgehead atoms. The van der Waals surface area contributed by atoms with E-state index < -0.39 is 0 Å². The number of nitrogens with two attached hydrogens (primary N) is 1. The standard InChI is InChI=1S/C13H10Cl2N2S/c14-9-2-4-10(5-3-9)18-12-6-1-8(13(16)17)7-11(12)15/h1-7H,(H3,16,17). The molecule has 0 saturated heterocycles. The number of halogens is 2. The summed E-state index contributed by atoms with van der Waals surface area (Å²) in [5, 5.41) is 8.64. The highest BCUT2D eigenvalue weighted by molar-refractivity contribution is 7.99. The zero-order valence-electron chi connectivity index (χ0n) is 9.28. The average Bonchev–Trinajstić information content (AvgIpc) is 2.34. The fourth-order valence-electron chi connectivity index (χ4n) is 1.38. The van der Waals surface area contributed by atoms with Gasteiger partial charge < -0.3 is 5.73 Å². The molecule has 2 aromatic rings. The molecule has 0 saturated carbocycles. The summed E-state index contributed by atoms with van der Waals surface area (Å²) in [6.07, 6.45) is 0. The van der Waals surface area contributed by atoms with E-state index in [1.165, 1.54) is 0 Å². The first kappa shape index (κ1) is 13.3. The summed E-state index contributed by atoms with van der Waals surface area (Å²) < 4.78 is 0. The Bertz CT molecular complexity index is 582. The van der Waals surface area contributed by atoms with Crippen LogP contribution in [0.4, 0.5) is 0 Å². The monoisotopic (exact) mass is 296 g/mol. The number of hydrogen-bond acceptors (Lipinski definition) is 2. The smallest absolute Gasteiger partial charge is 0.122 e. The van der Waals surface area contributed by atoms with E-state index in [0.29, 0.717) is 15.6 Å². The Kier molecular flexibility index (Phi) is 4.17. The van der Waals surface area contributed by atoms with Crippen molar-refractivity contribution in [3.8, 4) is 0 Å². The molecule has 0 aliphatic rings. The predicted octanol–water partition coefficient (Wildman–Crippen LogP) is 4.43. The Morgan fingerprint density at radius 3 is 2.28 bits per heavy atom. The van der Waals surface area contributed by atoms with Gasteiger partial charge in [0, 0.05) is 20.4 Å². The number of hydrogen-bond donors (Lipinski definition) is 2. The third-order valence-corrected chi connectivity index (χ3v) is 4.04. The number of benzene rings is 2. The van der Waals surface area contributed by atoms with Gasteiger partial charge in [-0.1, -0.05) is 41.0 Å². The Labute approximate surface area is 120 Å². The van der Waals surface area contributed by atoms with Crippen LogP contribution in [0.15, 0.2) is 52.3 Å². The zero-order chi connectivity index (χ0) is 13.1. The highest BCUT2D eigenvalue weighted by Crippen LogP contribution is 2.34. The molecule has 92 valence electrons. The Morgan fingerprint density at radius 2 is 1.72 bits per heavy atom. The van der Waals surface area contributed by atoms with Crippen LogP contribution in [0.3, 0.4) is 0 Å². The molecule has 2 rings (SSSR count). The van der Waals surface area contributed by atoms with Crippen molar-refractivity contribution in [1.82, 2.24) is 0 Å². The largest absolute Gasteiger partial charge is 0.384 e. The van der Waals surface area contributed by atoms with Crippen LogP contribution in [0, 0.1) is 5.41 Å². The van der Waals surface area contributed by atoms with Crippen LogP contribution in [-0.4, -0.2) is 5.84 Å². The van der Waals surface area contributed by atoms with Crippen molar-refractivity contribution >= 4 is 40.8 Å². The Morgan fingerprint density at radius 1 is 1.06 bits per heavy atom. The first-order chi connectivity index (χ1) is 8.56. The highest BCUT2D eigenvalue weighted by Gasteiger charge is 2.05. The van der Waals surface area contributed by atoms with Crippen LogP contribution in [-0.2, 0) is 0 Å². The molecular weight excluding hydrogens is 287 g/mol. The molecule has 2 aromatic carbocycles. The predicted molar refractivity (Wildman–Crippen MR) is 78.0 cm³/mol. The minimum absolute atomic E-state index is 0.0138. The van der Waals surface area contributed by atoms with Crippen molar-refractivity contribution in [3.63, 3.8) is 0 Å². The van der Waals surface area contributed by atoms with Crippen molar-refractivity contribution in [3.05, 3.63) is 58.1 Å². The van der Waals surface area contributed by atoms with Crippen molar-refractivity contribution in [2.24, 2.45) is 5.73 Å². The van der Waals surface area contributed by atoms with Gasteiger partial charge in [-0.25, -0.2) is 0 Å². The molecule has 0 unspecified atom stereocenters. The van der Waals surface area contributed by atoms with Crippen LogP contribution < -0.4 is 5.73 Å². The van der Waals surface area contributed by atoms with Gasteiger partial charge in [-0.2, -0.15) is 0 Å². The lowest BCUT2D eigenvalue weighted by molar-refractivity contribution is 1.37.